The number of benzene rings is 1. The van der Waals surface area contributed by atoms with Gasteiger partial charge in [-0.15, -0.1) is 11.3 Å². The van der Waals surface area contributed by atoms with Gasteiger partial charge in [-0.25, -0.2) is 4.98 Å². The van der Waals surface area contributed by atoms with Gasteiger partial charge in [0.15, 0.2) is 5.82 Å². The lowest BCUT2D eigenvalue weighted by Crippen LogP contribution is -2.47. The van der Waals surface area contributed by atoms with E-state index in [1.54, 1.807) is 22.2 Å². The third kappa shape index (κ3) is 4.15. The molecule has 34 heavy (non-hydrogen) atoms. The van der Waals surface area contributed by atoms with Crippen LogP contribution >= 0.6 is 22.9 Å². The van der Waals surface area contributed by atoms with Gasteiger partial charge in [0.25, 0.3) is 5.56 Å². The van der Waals surface area contributed by atoms with Crippen LogP contribution in [0.1, 0.15) is 10.4 Å². The molecule has 5 heterocycles. The van der Waals surface area contributed by atoms with Crippen LogP contribution in [0.5, 0.6) is 0 Å². The van der Waals surface area contributed by atoms with Crippen molar-refractivity contribution in [3.63, 3.8) is 0 Å². The Balaban J connectivity index is 1.09. The fourth-order valence-electron chi connectivity index (χ4n) is 4.77. The van der Waals surface area contributed by atoms with Gasteiger partial charge < -0.3 is 9.80 Å². The summed E-state index contributed by atoms with van der Waals surface area (Å²) in [5, 5.41) is 1.84. The highest BCUT2D eigenvalue weighted by atomic mass is 32.1. The molecule has 0 saturated carbocycles. The molecule has 8 nitrogen and oxygen atoms in total. The number of anilines is 1. The molecule has 1 fully saturated rings. The largest absolute Gasteiger partial charge is 0.344 e. The lowest BCUT2D eigenvalue weighted by molar-refractivity contribution is 0.247. The minimum absolute atomic E-state index is 0.119. The summed E-state index contributed by atoms with van der Waals surface area (Å²) in [6.07, 6.45) is 2.67. The molecular formula is C24H27N7OS2. The zero-order valence-corrected chi connectivity index (χ0v) is 20.8. The van der Waals surface area contributed by atoms with Crippen molar-refractivity contribution in [1.29, 1.82) is 0 Å². The van der Waals surface area contributed by atoms with Crippen LogP contribution in [-0.4, -0.2) is 75.0 Å². The summed E-state index contributed by atoms with van der Waals surface area (Å²) in [7, 11) is 2.13. The van der Waals surface area contributed by atoms with Crippen LogP contribution in [0.2, 0.25) is 0 Å². The predicted octanol–water partition coefficient (Wildman–Crippen LogP) is 2.79. The Morgan fingerprint density at radius 1 is 1.03 bits per heavy atom. The van der Waals surface area contributed by atoms with Crippen LogP contribution < -0.4 is 10.5 Å². The summed E-state index contributed by atoms with van der Waals surface area (Å²) in [4.78, 5) is 31.9. The van der Waals surface area contributed by atoms with Crippen molar-refractivity contribution in [1.82, 2.24) is 28.7 Å². The van der Waals surface area contributed by atoms with Crippen molar-refractivity contribution in [2.24, 2.45) is 0 Å². The second-order valence-electron chi connectivity index (χ2n) is 9.01. The standard InChI is InChI=1S/C24H27N7OS2/c1-28-8-7-18-19(15-28)33-22-20(18)23(32)31(16-25-22)14-11-29-9-12-30(13-10-29)24-26-21(27-34-24)17-5-3-2-4-6-17/h2-6,16H,7-15H2,1H3. The van der Waals surface area contributed by atoms with E-state index < -0.39 is 0 Å². The van der Waals surface area contributed by atoms with Crippen molar-refractivity contribution >= 4 is 38.2 Å². The molecule has 2 aliphatic heterocycles. The fraction of sp³-hybridized carbons (Fsp3) is 0.417. The van der Waals surface area contributed by atoms with E-state index in [2.05, 4.69) is 31.1 Å². The predicted molar refractivity (Wildman–Crippen MR) is 138 cm³/mol. The third-order valence-electron chi connectivity index (χ3n) is 6.77. The number of piperazine rings is 1. The Hall–Kier alpha value is -2.66. The normalized spacial score (nSPS) is 17.4. The first kappa shape index (κ1) is 21.8. The molecule has 0 amide bonds. The number of fused-ring (bicyclic) bond motifs is 3. The van der Waals surface area contributed by atoms with Crippen molar-refractivity contribution in [2.45, 2.75) is 19.5 Å². The zero-order chi connectivity index (χ0) is 23.1. The maximum atomic E-state index is 13.2. The molecule has 176 valence electrons. The second kappa shape index (κ2) is 9.18. The van der Waals surface area contributed by atoms with E-state index in [-0.39, 0.29) is 5.56 Å². The molecule has 0 N–H and O–H groups in total. The van der Waals surface area contributed by atoms with E-state index in [9.17, 15) is 4.79 Å². The van der Waals surface area contributed by atoms with Crippen molar-refractivity contribution in [3.8, 4) is 11.4 Å². The van der Waals surface area contributed by atoms with E-state index in [4.69, 9.17) is 4.98 Å². The molecule has 1 aromatic carbocycles. The van der Waals surface area contributed by atoms with Crippen LogP contribution in [0.4, 0.5) is 5.13 Å². The molecule has 1 saturated heterocycles. The summed E-state index contributed by atoms with van der Waals surface area (Å²) in [6.45, 7) is 7.17. The maximum Gasteiger partial charge on any atom is 0.262 e. The first-order valence-corrected chi connectivity index (χ1v) is 13.3. The van der Waals surface area contributed by atoms with Crippen LogP contribution in [0.3, 0.4) is 0 Å². The van der Waals surface area contributed by atoms with Crippen molar-refractivity contribution in [2.75, 3.05) is 51.2 Å². The van der Waals surface area contributed by atoms with E-state index in [1.165, 1.54) is 22.0 Å². The molecule has 0 bridgehead atoms. The highest BCUT2D eigenvalue weighted by Crippen LogP contribution is 2.31. The van der Waals surface area contributed by atoms with Gasteiger partial charge in [0.2, 0.25) is 5.13 Å². The summed E-state index contributed by atoms with van der Waals surface area (Å²) in [5.41, 5.74) is 2.40. The van der Waals surface area contributed by atoms with E-state index in [1.807, 2.05) is 30.3 Å². The Kier molecular flexibility index (Phi) is 5.90. The van der Waals surface area contributed by atoms with Gasteiger partial charge in [0.1, 0.15) is 4.83 Å². The molecular weight excluding hydrogens is 466 g/mol. The molecule has 3 aromatic heterocycles. The van der Waals surface area contributed by atoms with Crippen LogP contribution in [-0.2, 0) is 19.5 Å². The number of aromatic nitrogens is 4. The van der Waals surface area contributed by atoms with E-state index >= 15 is 0 Å². The molecule has 4 aromatic rings. The van der Waals surface area contributed by atoms with Gasteiger partial charge in [-0.05, 0) is 19.0 Å². The lowest BCUT2D eigenvalue weighted by Gasteiger charge is -2.34. The Morgan fingerprint density at radius 2 is 1.85 bits per heavy atom. The SMILES string of the molecule is CN1CCc2c(sc3ncn(CCN4CCN(c5nc(-c6ccccc6)ns5)CC4)c(=O)c23)C1. The van der Waals surface area contributed by atoms with Gasteiger partial charge in [-0.2, -0.15) is 9.36 Å². The first-order valence-electron chi connectivity index (χ1n) is 11.7. The monoisotopic (exact) mass is 493 g/mol. The molecule has 6 rings (SSSR count). The fourth-order valence-corrected chi connectivity index (χ4v) is 6.76. The molecule has 0 aliphatic carbocycles. The van der Waals surface area contributed by atoms with E-state index in [0.717, 1.165) is 79.0 Å². The summed E-state index contributed by atoms with van der Waals surface area (Å²) >= 11 is 3.15. The summed E-state index contributed by atoms with van der Waals surface area (Å²) in [5.74, 6) is 0.799. The average molecular weight is 494 g/mol. The van der Waals surface area contributed by atoms with Crippen LogP contribution in [0.25, 0.3) is 21.6 Å². The van der Waals surface area contributed by atoms with Gasteiger partial charge in [-0.3, -0.25) is 14.3 Å². The number of likely N-dealkylation sites (N-methyl/N-ethyl adjacent to an activating group) is 1. The number of hydrogen-bond donors (Lipinski definition) is 0. The van der Waals surface area contributed by atoms with Crippen molar-refractivity contribution < 1.29 is 0 Å². The van der Waals surface area contributed by atoms with Gasteiger partial charge in [-0.1, -0.05) is 30.3 Å². The van der Waals surface area contributed by atoms with Crippen LogP contribution in [0, 0.1) is 0 Å². The quantitative estimate of drug-likeness (QED) is 0.423. The number of rotatable bonds is 5. The number of thiophene rings is 1. The second-order valence-corrected chi connectivity index (χ2v) is 10.8. The first-order chi connectivity index (χ1) is 16.7. The number of nitrogens with zero attached hydrogens (tertiary/aromatic N) is 7. The average Bonchev–Trinajstić information content (AvgIpc) is 3.50. The molecule has 2 aliphatic rings. The lowest BCUT2D eigenvalue weighted by atomic mass is 10.1. The molecule has 10 heteroatoms. The summed E-state index contributed by atoms with van der Waals surface area (Å²) in [6, 6.07) is 10.1. The van der Waals surface area contributed by atoms with Crippen LogP contribution in [0.15, 0.2) is 41.5 Å². The molecule has 0 unspecified atom stereocenters. The molecule has 0 radical (unpaired) electrons. The maximum absolute atomic E-state index is 13.2. The zero-order valence-electron chi connectivity index (χ0n) is 19.2. The van der Waals surface area contributed by atoms with Gasteiger partial charge in [0, 0.05) is 74.3 Å². The highest BCUT2D eigenvalue weighted by molar-refractivity contribution is 7.18. The Bertz CT molecular complexity index is 1350. The minimum Gasteiger partial charge on any atom is -0.344 e. The highest BCUT2D eigenvalue weighted by Gasteiger charge is 2.23. The number of hydrogen-bond acceptors (Lipinski definition) is 9. The molecule has 0 spiro atoms. The minimum atomic E-state index is 0.119. The van der Waals surface area contributed by atoms with Gasteiger partial charge in [0.05, 0.1) is 11.7 Å². The third-order valence-corrected chi connectivity index (χ3v) is 8.67. The topological polar surface area (TPSA) is 70.4 Å². The Morgan fingerprint density at radius 3 is 2.68 bits per heavy atom. The van der Waals surface area contributed by atoms with Gasteiger partial charge >= 0.3 is 0 Å². The smallest absolute Gasteiger partial charge is 0.262 e. The molecule has 0 atom stereocenters. The van der Waals surface area contributed by atoms with Crippen molar-refractivity contribution in [3.05, 3.63) is 57.5 Å². The summed E-state index contributed by atoms with van der Waals surface area (Å²) < 4.78 is 6.35. The Labute approximate surface area is 206 Å². The van der Waals surface area contributed by atoms with E-state index in [0.29, 0.717) is 6.54 Å².